The number of benzene rings is 1. The molecule has 1 aromatic heterocycles. The van der Waals surface area contributed by atoms with Crippen molar-refractivity contribution in [1.29, 1.82) is 0 Å². The zero-order chi connectivity index (χ0) is 13.7. The number of anilines is 2. The van der Waals surface area contributed by atoms with E-state index in [1.54, 1.807) is 24.4 Å². The van der Waals surface area contributed by atoms with Crippen LogP contribution in [0.25, 0.3) is 0 Å². The van der Waals surface area contributed by atoms with E-state index in [1.165, 1.54) is 12.1 Å². The molecule has 19 heavy (non-hydrogen) atoms. The van der Waals surface area contributed by atoms with Gasteiger partial charge in [0.2, 0.25) is 11.8 Å². The van der Waals surface area contributed by atoms with E-state index in [1.807, 2.05) is 6.92 Å². The lowest BCUT2D eigenvalue weighted by atomic mass is 10.2. The molecule has 0 atom stereocenters. The monoisotopic (exact) mass is 259 g/mol. The van der Waals surface area contributed by atoms with Crippen LogP contribution < -0.4 is 10.1 Å². The topological polar surface area (TPSA) is 84.3 Å². The summed E-state index contributed by atoms with van der Waals surface area (Å²) in [5, 5.41) is 11.8. The average molecular weight is 259 g/mol. The predicted octanol–water partition coefficient (Wildman–Crippen LogP) is 2.32. The van der Waals surface area contributed by atoms with E-state index in [-0.39, 0.29) is 5.56 Å². The summed E-state index contributed by atoms with van der Waals surface area (Å²) in [5.74, 6) is -0.0719. The Morgan fingerprint density at radius 1 is 1.32 bits per heavy atom. The highest BCUT2D eigenvalue weighted by atomic mass is 16.5. The smallest absolute Gasteiger partial charge is 0.335 e. The number of carboxylic acid groups (broad SMARTS) is 1. The van der Waals surface area contributed by atoms with Crippen molar-refractivity contribution in [3.05, 3.63) is 42.1 Å². The molecule has 0 aliphatic carbocycles. The Morgan fingerprint density at radius 3 is 2.68 bits per heavy atom. The average Bonchev–Trinajstić information content (AvgIpc) is 2.40. The summed E-state index contributed by atoms with van der Waals surface area (Å²) in [6, 6.07) is 8.00. The molecule has 2 rings (SSSR count). The first-order valence-electron chi connectivity index (χ1n) is 5.75. The van der Waals surface area contributed by atoms with Gasteiger partial charge in [-0.15, -0.1) is 0 Å². The first-order chi connectivity index (χ1) is 9.19. The Balaban J connectivity index is 2.12. The van der Waals surface area contributed by atoms with Gasteiger partial charge in [-0.3, -0.25) is 0 Å². The van der Waals surface area contributed by atoms with Gasteiger partial charge in [0.1, 0.15) is 0 Å². The van der Waals surface area contributed by atoms with E-state index in [4.69, 9.17) is 9.84 Å². The van der Waals surface area contributed by atoms with E-state index in [0.717, 1.165) is 0 Å². The lowest BCUT2D eigenvalue weighted by Crippen LogP contribution is -2.01. The number of nitrogens with one attached hydrogen (secondary N) is 1. The Hall–Kier alpha value is -2.63. The molecule has 0 aliphatic heterocycles. The third-order valence-corrected chi connectivity index (χ3v) is 2.31. The van der Waals surface area contributed by atoms with Gasteiger partial charge >= 0.3 is 5.97 Å². The summed E-state index contributed by atoms with van der Waals surface area (Å²) >= 11 is 0. The minimum atomic E-state index is -0.957. The second-order valence-electron chi connectivity index (χ2n) is 3.66. The summed E-state index contributed by atoms with van der Waals surface area (Å²) in [6.07, 6.45) is 1.59. The van der Waals surface area contributed by atoms with Crippen molar-refractivity contribution in [3.8, 4) is 5.88 Å². The Morgan fingerprint density at radius 2 is 2.05 bits per heavy atom. The lowest BCUT2D eigenvalue weighted by molar-refractivity contribution is 0.0697. The van der Waals surface area contributed by atoms with Crippen LogP contribution in [-0.4, -0.2) is 27.7 Å². The lowest BCUT2D eigenvalue weighted by Gasteiger charge is -2.06. The van der Waals surface area contributed by atoms with E-state index >= 15 is 0 Å². The Labute approximate surface area is 110 Å². The summed E-state index contributed by atoms with van der Waals surface area (Å²) in [4.78, 5) is 18.9. The van der Waals surface area contributed by atoms with Crippen LogP contribution in [0, 0.1) is 0 Å². The third-order valence-electron chi connectivity index (χ3n) is 2.31. The molecule has 98 valence electrons. The molecule has 0 amide bonds. The fraction of sp³-hybridized carbons (Fsp3) is 0.154. The number of hydrogen-bond acceptors (Lipinski definition) is 5. The van der Waals surface area contributed by atoms with Gasteiger partial charge in [0.25, 0.3) is 0 Å². The van der Waals surface area contributed by atoms with Crippen molar-refractivity contribution >= 4 is 17.6 Å². The Bertz CT molecular complexity index is 570. The van der Waals surface area contributed by atoms with Crippen molar-refractivity contribution in [2.24, 2.45) is 0 Å². The van der Waals surface area contributed by atoms with Crippen molar-refractivity contribution in [2.75, 3.05) is 11.9 Å². The fourth-order valence-corrected chi connectivity index (χ4v) is 1.46. The second-order valence-corrected chi connectivity index (χ2v) is 3.66. The first-order valence-corrected chi connectivity index (χ1v) is 5.75. The third kappa shape index (κ3) is 3.41. The number of aromatic carboxylic acids is 1. The van der Waals surface area contributed by atoms with E-state index < -0.39 is 5.97 Å². The van der Waals surface area contributed by atoms with Crippen LogP contribution in [0.1, 0.15) is 17.3 Å². The highest BCUT2D eigenvalue weighted by molar-refractivity contribution is 5.88. The zero-order valence-electron chi connectivity index (χ0n) is 10.3. The highest BCUT2D eigenvalue weighted by Gasteiger charge is 2.03. The summed E-state index contributed by atoms with van der Waals surface area (Å²) in [6.45, 7) is 2.41. The Kier molecular flexibility index (Phi) is 3.92. The van der Waals surface area contributed by atoms with E-state index in [2.05, 4.69) is 15.3 Å². The molecule has 2 N–H and O–H groups in total. The quantitative estimate of drug-likeness (QED) is 0.857. The molecule has 0 saturated carbocycles. The highest BCUT2D eigenvalue weighted by Crippen LogP contribution is 2.15. The number of carboxylic acids is 1. The van der Waals surface area contributed by atoms with Gasteiger partial charge in [-0.05, 0) is 31.2 Å². The molecule has 6 nitrogen and oxygen atoms in total. The van der Waals surface area contributed by atoms with E-state index in [0.29, 0.717) is 24.1 Å². The first kappa shape index (κ1) is 12.8. The number of carbonyl (C=O) groups is 1. The number of nitrogens with zero attached hydrogens (tertiary/aromatic N) is 2. The maximum atomic E-state index is 10.7. The minimum Gasteiger partial charge on any atom is -0.478 e. The van der Waals surface area contributed by atoms with Gasteiger partial charge < -0.3 is 15.2 Å². The number of ether oxygens (including phenoxy) is 1. The van der Waals surface area contributed by atoms with Crippen LogP contribution in [0.5, 0.6) is 5.88 Å². The molecule has 0 spiro atoms. The van der Waals surface area contributed by atoms with Crippen LogP contribution in [0.3, 0.4) is 0 Å². The van der Waals surface area contributed by atoms with Gasteiger partial charge in [-0.25, -0.2) is 9.78 Å². The zero-order valence-corrected chi connectivity index (χ0v) is 10.3. The maximum absolute atomic E-state index is 10.7. The SMILES string of the molecule is CCOc1ccnc(Nc2ccc(C(=O)O)cc2)n1. The van der Waals surface area contributed by atoms with Gasteiger partial charge in [0.05, 0.1) is 12.2 Å². The van der Waals surface area contributed by atoms with E-state index in [9.17, 15) is 4.79 Å². The largest absolute Gasteiger partial charge is 0.478 e. The van der Waals surface area contributed by atoms with Gasteiger partial charge in [-0.2, -0.15) is 4.98 Å². The molecule has 0 fully saturated rings. The van der Waals surface area contributed by atoms with Crippen LogP contribution in [0.2, 0.25) is 0 Å². The van der Waals surface area contributed by atoms with Crippen molar-refractivity contribution in [2.45, 2.75) is 6.92 Å². The predicted molar refractivity (Wildman–Crippen MR) is 69.9 cm³/mol. The molecule has 0 unspecified atom stereocenters. The molecule has 0 aliphatic rings. The number of aromatic nitrogens is 2. The summed E-state index contributed by atoms with van der Waals surface area (Å²) in [7, 11) is 0. The van der Waals surface area contributed by atoms with Crippen LogP contribution in [-0.2, 0) is 0 Å². The molecular formula is C13H13N3O3. The molecule has 1 heterocycles. The summed E-state index contributed by atoms with van der Waals surface area (Å²) < 4.78 is 5.27. The van der Waals surface area contributed by atoms with Gasteiger partial charge in [0, 0.05) is 18.0 Å². The molecule has 2 aromatic rings. The number of rotatable bonds is 5. The molecule has 1 aromatic carbocycles. The fourth-order valence-electron chi connectivity index (χ4n) is 1.46. The molecule has 0 radical (unpaired) electrons. The molecular weight excluding hydrogens is 246 g/mol. The molecule has 0 bridgehead atoms. The van der Waals surface area contributed by atoms with Crippen LogP contribution in [0.4, 0.5) is 11.6 Å². The van der Waals surface area contributed by atoms with Crippen molar-refractivity contribution in [1.82, 2.24) is 9.97 Å². The van der Waals surface area contributed by atoms with Crippen LogP contribution >= 0.6 is 0 Å². The van der Waals surface area contributed by atoms with Gasteiger partial charge in [0.15, 0.2) is 0 Å². The van der Waals surface area contributed by atoms with Crippen molar-refractivity contribution in [3.63, 3.8) is 0 Å². The normalized spacial score (nSPS) is 9.95. The van der Waals surface area contributed by atoms with Crippen molar-refractivity contribution < 1.29 is 14.6 Å². The minimum absolute atomic E-state index is 0.231. The molecule has 6 heteroatoms. The summed E-state index contributed by atoms with van der Waals surface area (Å²) in [5.41, 5.74) is 0.938. The van der Waals surface area contributed by atoms with Crippen LogP contribution in [0.15, 0.2) is 36.5 Å². The van der Waals surface area contributed by atoms with Gasteiger partial charge in [-0.1, -0.05) is 0 Å². The maximum Gasteiger partial charge on any atom is 0.335 e. The standard InChI is InChI=1S/C13H13N3O3/c1-2-19-11-7-8-14-13(16-11)15-10-5-3-9(4-6-10)12(17)18/h3-8H,2H2,1H3,(H,17,18)(H,14,15,16). The number of hydrogen-bond donors (Lipinski definition) is 2. The second kappa shape index (κ2) is 5.81. The molecule has 0 saturated heterocycles.